The molecule has 1 aliphatic heterocycles. The van der Waals surface area contributed by atoms with Crippen molar-refractivity contribution in [3.63, 3.8) is 0 Å². The van der Waals surface area contributed by atoms with Gasteiger partial charge in [-0.2, -0.15) is 0 Å². The molecule has 1 heterocycles. The second-order valence-corrected chi connectivity index (χ2v) is 2.28. The fourth-order valence-electron chi connectivity index (χ4n) is 0.802. The fraction of sp³-hybridized carbons (Fsp3) is 0.429. The van der Waals surface area contributed by atoms with Crippen molar-refractivity contribution in [2.45, 2.75) is 0 Å². The van der Waals surface area contributed by atoms with Crippen LogP contribution >= 0.6 is 0 Å². The molecule has 0 aromatic heterocycles. The Labute approximate surface area is 65.2 Å². The molecule has 0 aromatic carbocycles. The first-order valence-electron chi connectivity index (χ1n) is 3.26. The zero-order chi connectivity index (χ0) is 8.27. The number of nitrogens with zero attached hydrogens (tertiary/aromatic N) is 2. The Morgan fingerprint density at radius 3 is 3.09 bits per heavy atom. The van der Waals surface area contributed by atoms with E-state index in [9.17, 15) is 4.79 Å². The Morgan fingerprint density at radius 2 is 2.55 bits per heavy atom. The van der Waals surface area contributed by atoms with Crippen LogP contribution in [-0.4, -0.2) is 37.3 Å². The van der Waals surface area contributed by atoms with Gasteiger partial charge in [-0.05, 0) is 0 Å². The van der Waals surface area contributed by atoms with Crippen molar-refractivity contribution in [2.24, 2.45) is 4.99 Å². The normalized spacial score (nSPS) is 16.2. The lowest BCUT2D eigenvalue weighted by molar-refractivity contribution is -0.132. The summed E-state index contributed by atoms with van der Waals surface area (Å²) >= 11 is 0. The predicted octanol–water partition coefficient (Wildman–Crippen LogP) is 0.0170. The average molecular weight is 154 g/mol. The lowest BCUT2D eigenvalue weighted by Gasteiger charge is -2.16. The first-order chi connectivity index (χ1) is 5.24. The van der Waals surface area contributed by atoms with Crippen LogP contribution in [0.15, 0.2) is 17.4 Å². The van der Waals surface area contributed by atoms with Gasteiger partial charge >= 0.3 is 5.97 Å². The van der Waals surface area contributed by atoms with Crippen LogP contribution < -0.4 is 0 Å². The molecule has 11 heavy (non-hydrogen) atoms. The summed E-state index contributed by atoms with van der Waals surface area (Å²) in [5, 5.41) is 0. The third kappa shape index (κ3) is 1.80. The molecular weight excluding hydrogens is 144 g/mol. The molecule has 0 amide bonds. The molecule has 1 aliphatic rings. The quantitative estimate of drug-likeness (QED) is 0.500. The van der Waals surface area contributed by atoms with Gasteiger partial charge in [0, 0.05) is 19.4 Å². The number of hydrogen-bond donors (Lipinski definition) is 0. The molecule has 0 fully saturated rings. The Hall–Kier alpha value is -1.32. The minimum absolute atomic E-state index is 0.360. The standard InChI is InChI=1S/C7H10N2O2/c1-9-4-3-8-6(5-9)7(10)11-2/h3-4H,5H2,1-2H3. The molecule has 0 saturated carbocycles. The summed E-state index contributed by atoms with van der Waals surface area (Å²) in [5.41, 5.74) is 0.442. The first kappa shape index (κ1) is 7.78. The molecule has 0 aliphatic carbocycles. The Kier molecular flexibility index (Phi) is 2.25. The van der Waals surface area contributed by atoms with Crippen molar-refractivity contribution in [1.29, 1.82) is 0 Å². The van der Waals surface area contributed by atoms with Crippen molar-refractivity contribution in [3.8, 4) is 0 Å². The van der Waals surface area contributed by atoms with Crippen LogP contribution in [0.5, 0.6) is 0 Å². The second-order valence-electron chi connectivity index (χ2n) is 2.28. The van der Waals surface area contributed by atoms with Crippen LogP contribution in [0.1, 0.15) is 0 Å². The number of carbonyl (C=O) groups is 1. The summed E-state index contributed by atoms with van der Waals surface area (Å²) in [6.07, 6.45) is 3.38. The minimum Gasteiger partial charge on any atom is -0.464 e. The lowest BCUT2D eigenvalue weighted by atomic mass is 10.3. The van der Waals surface area contributed by atoms with Gasteiger partial charge in [0.25, 0.3) is 0 Å². The summed E-state index contributed by atoms with van der Waals surface area (Å²) < 4.78 is 4.51. The van der Waals surface area contributed by atoms with Gasteiger partial charge in [-0.25, -0.2) is 4.79 Å². The Balaban J connectivity index is 2.66. The van der Waals surface area contributed by atoms with Crippen LogP contribution in [0.3, 0.4) is 0 Å². The molecule has 0 saturated heterocycles. The molecule has 0 bridgehead atoms. The van der Waals surface area contributed by atoms with Gasteiger partial charge in [0.2, 0.25) is 0 Å². The third-order valence-corrected chi connectivity index (χ3v) is 1.37. The van der Waals surface area contributed by atoms with E-state index in [-0.39, 0.29) is 5.97 Å². The number of carbonyl (C=O) groups excluding carboxylic acids is 1. The van der Waals surface area contributed by atoms with E-state index < -0.39 is 0 Å². The lowest BCUT2D eigenvalue weighted by Crippen LogP contribution is -2.30. The van der Waals surface area contributed by atoms with Gasteiger partial charge in [0.15, 0.2) is 0 Å². The van der Waals surface area contributed by atoms with Crippen molar-refractivity contribution in [3.05, 3.63) is 12.4 Å². The van der Waals surface area contributed by atoms with E-state index >= 15 is 0 Å². The molecule has 1 rings (SSSR count). The van der Waals surface area contributed by atoms with Gasteiger partial charge in [-0.1, -0.05) is 0 Å². The molecule has 0 atom stereocenters. The highest BCUT2D eigenvalue weighted by atomic mass is 16.5. The van der Waals surface area contributed by atoms with Gasteiger partial charge in [-0.15, -0.1) is 0 Å². The summed E-state index contributed by atoms with van der Waals surface area (Å²) in [4.78, 5) is 16.6. The summed E-state index contributed by atoms with van der Waals surface area (Å²) in [6.45, 7) is 0.517. The van der Waals surface area contributed by atoms with E-state index in [2.05, 4.69) is 9.73 Å². The number of esters is 1. The van der Waals surface area contributed by atoms with Crippen LogP contribution in [0.2, 0.25) is 0 Å². The van der Waals surface area contributed by atoms with E-state index in [1.807, 2.05) is 11.9 Å². The first-order valence-corrected chi connectivity index (χ1v) is 3.26. The average Bonchev–Trinajstić information content (AvgIpc) is 2.03. The fourth-order valence-corrected chi connectivity index (χ4v) is 0.802. The molecule has 4 heteroatoms. The SMILES string of the molecule is COC(=O)C1=NC=CN(C)C1. The van der Waals surface area contributed by atoms with Gasteiger partial charge in [0.05, 0.1) is 13.7 Å². The number of methoxy groups -OCH3 is 1. The zero-order valence-electron chi connectivity index (χ0n) is 6.57. The largest absolute Gasteiger partial charge is 0.464 e. The molecule has 0 N–H and O–H groups in total. The highest BCUT2D eigenvalue weighted by molar-refractivity contribution is 6.37. The topological polar surface area (TPSA) is 41.9 Å². The molecule has 0 radical (unpaired) electrons. The second kappa shape index (κ2) is 3.18. The number of rotatable bonds is 1. The number of ether oxygens (including phenoxy) is 1. The summed E-state index contributed by atoms with van der Waals surface area (Å²) in [7, 11) is 3.22. The van der Waals surface area contributed by atoms with E-state index in [1.54, 1.807) is 12.4 Å². The van der Waals surface area contributed by atoms with Crippen molar-refractivity contribution >= 4 is 11.7 Å². The molecule has 0 spiro atoms. The maximum Gasteiger partial charge on any atom is 0.354 e. The Bertz CT molecular complexity index is 220. The van der Waals surface area contributed by atoms with Crippen molar-refractivity contribution in [2.75, 3.05) is 20.7 Å². The van der Waals surface area contributed by atoms with E-state index in [1.165, 1.54) is 7.11 Å². The summed E-state index contributed by atoms with van der Waals surface area (Å²) in [6, 6.07) is 0. The van der Waals surface area contributed by atoms with Crippen molar-refractivity contribution in [1.82, 2.24) is 4.90 Å². The van der Waals surface area contributed by atoms with Gasteiger partial charge in [-0.3, -0.25) is 4.99 Å². The smallest absolute Gasteiger partial charge is 0.354 e. The van der Waals surface area contributed by atoms with Crippen LogP contribution in [0, 0.1) is 0 Å². The zero-order valence-corrected chi connectivity index (χ0v) is 6.57. The highest BCUT2D eigenvalue weighted by Gasteiger charge is 2.13. The summed E-state index contributed by atoms with van der Waals surface area (Å²) in [5.74, 6) is -0.360. The maximum atomic E-state index is 10.9. The van der Waals surface area contributed by atoms with Crippen molar-refractivity contribution < 1.29 is 9.53 Å². The predicted molar refractivity (Wildman–Crippen MR) is 41.2 cm³/mol. The number of aliphatic imine (C=N–C) groups is 1. The van der Waals surface area contributed by atoms with Gasteiger partial charge in [0.1, 0.15) is 5.71 Å². The molecule has 0 aromatic rings. The minimum atomic E-state index is -0.360. The van der Waals surface area contributed by atoms with E-state index in [0.29, 0.717) is 12.3 Å². The Morgan fingerprint density at radius 1 is 1.82 bits per heavy atom. The molecule has 60 valence electrons. The number of hydrogen-bond acceptors (Lipinski definition) is 4. The van der Waals surface area contributed by atoms with Crippen LogP contribution in [0.25, 0.3) is 0 Å². The van der Waals surface area contributed by atoms with Crippen LogP contribution in [0.4, 0.5) is 0 Å². The molecule has 0 unspecified atom stereocenters. The monoisotopic (exact) mass is 154 g/mol. The maximum absolute atomic E-state index is 10.9. The molecular formula is C7H10N2O2. The highest BCUT2D eigenvalue weighted by Crippen LogP contribution is 1.97. The van der Waals surface area contributed by atoms with Crippen LogP contribution in [-0.2, 0) is 9.53 Å². The van der Waals surface area contributed by atoms with E-state index in [0.717, 1.165) is 0 Å². The third-order valence-electron chi connectivity index (χ3n) is 1.37. The van der Waals surface area contributed by atoms with Gasteiger partial charge < -0.3 is 9.64 Å². The van der Waals surface area contributed by atoms with E-state index in [4.69, 9.17) is 0 Å². The molecule has 4 nitrogen and oxygen atoms in total.